The Kier molecular flexibility index (Phi) is 8.46. The Morgan fingerprint density at radius 3 is 2.04 bits per heavy atom. The van der Waals surface area contributed by atoms with E-state index in [2.05, 4.69) is 0 Å². The van der Waals surface area contributed by atoms with Crippen molar-refractivity contribution < 1.29 is 59.5 Å². The van der Waals surface area contributed by atoms with Crippen molar-refractivity contribution >= 4 is 5.97 Å². The summed E-state index contributed by atoms with van der Waals surface area (Å²) in [6.07, 6.45) is -12.7. The fourth-order valence-corrected chi connectivity index (χ4v) is 2.95. The molecule has 0 radical (unpaired) electrons. The first kappa shape index (κ1) is 24.1. The van der Waals surface area contributed by atoms with E-state index in [0.29, 0.717) is 0 Å². The van der Waals surface area contributed by atoms with Crippen LogP contribution in [0.1, 0.15) is 6.92 Å². The summed E-state index contributed by atoms with van der Waals surface area (Å²) in [5, 5.41) is 68.0. The van der Waals surface area contributed by atoms with E-state index in [0.717, 1.165) is 6.92 Å². The number of rotatable bonds is 6. The number of hydrogen-bond donors (Lipinski definition) is 8. The maximum atomic E-state index is 11.3. The zero-order chi connectivity index (χ0) is 19.6. The predicted octanol–water partition coefficient (Wildman–Crippen LogP) is -4.66. The van der Waals surface area contributed by atoms with Gasteiger partial charge < -0.3 is 60.8 Å². The molecule has 0 spiro atoms. The molecule has 2 saturated heterocycles. The molecule has 0 amide bonds. The van der Waals surface area contributed by atoms with Crippen LogP contribution in [0, 0.1) is 0 Å². The minimum absolute atomic E-state index is 0. The van der Waals surface area contributed by atoms with Crippen LogP contribution in [-0.2, 0) is 23.7 Å². The maximum Gasteiger partial charge on any atom is 0.303 e. The average Bonchev–Trinajstić information content (AvgIpc) is 2.87. The van der Waals surface area contributed by atoms with E-state index in [4.69, 9.17) is 18.9 Å². The van der Waals surface area contributed by atoms with Crippen LogP contribution >= 0.6 is 0 Å². The maximum absolute atomic E-state index is 11.3. The van der Waals surface area contributed by atoms with Gasteiger partial charge in [-0.25, -0.2) is 0 Å². The highest BCUT2D eigenvalue weighted by Crippen LogP contribution is 2.37. The molecule has 0 aromatic rings. The predicted molar refractivity (Wildman–Crippen MR) is 83.2 cm³/mol. The zero-order valence-electron chi connectivity index (χ0n) is 14.6. The summed E-state index contributed by atoms with van der Waals surface area (Å²) in [5.41, 5.74) is 0. The molecule has 10 N–H and O–H groups in total. The highest BCUT2D eigenvalue weighted by molar-refractivity contribution is 5.66. The van der Waals surface area contributed by atoms with Gasteiger partial charge in [0.1, 0.15) is 43.2 Å². The molecule has 27 heavy (non-hydrogen) atoms. The normalized spacial score (nSPS) is 44.6. The van der Waals surface area contributed by atoms with Crippen LogP contribution in [0.4, 0.5) is 0 Å². The molecule has 160 valence electrons. The van der Waals surface area contributed by atoms with Gasteiger partial charge in [0, 0.05) is 6.92 Å². The molecule has 0 aromatic carbocycles. The Bertz CT molecular complexity index is 493. The van der Waals surface area contributed by atoms with E-state index >= 15 is 0 Å². The lowest BCUT2D eigenvalue weighted by atomic mass is 9.99. The Balaban J connectivity index is 0.00000364. The molecule has 2 rings (SSSR count). The first-order valence-electron chi connectivity index (χ1n) is 7.94. The van der Waals surface area contributed by atoms with Crippen LogP contribution in [0.2, 0.25) is 0 Å². The van der Waals surface area contributed by atoms with Gasteiger partial charge in [-0.1, -0.05) is 0 Å². The van der Waals surface area contributed by atoms with Gasteiger partial charge in [-0.2, -0.15) is 0 Å². The molecule has 0 bridgehead atoms. The molecule has 0 aromatic heterocycles. The molecular weight excluding hydrogens is 374 g/mol. The van der Waals surface area contributed by atoms with Gasteiger partial charge >= 0.3 is 5.97 Å². The van der Waals surface area contributed by atoms with E-state index < -0.39 is 80.6 Å². The van der Waals surface area contributed by atoms with Crippen LogP contribution in [0.3, 0.4) is 0 Å². The van der Waals surface area contributed by atoms with Crippen molar-refractivity contribution in [2.45, 2.75) is 61.7 Å². The molecule has 2 heterocycles. The number of carbonyl (C=O) groups excluding carboxylic acids is 1. The lowest BCUT2D eigenvalue weighted by Gasteiger charge is -2.43. The Hall–Kier alpha value is -0.970. The molecule has 9 atom stereocenters. The SMILES string of the molecule is CC(=O)O[C@H]1[C@H](O)[C@@H](CO)O[C@@]1(CO)O[C@H]1O[C@H](CO)[C@@H](O)[C@H](O)[C@H]1O.N. The number of carbonyl (C=O) groups is 1. The molecule has 13 heteroatoms. The highest BCUT2D eigenvalue weighted by atomic mass is 16.8. The van der Waals surface area contributed by atoms with Gasteiger partial charge in [-0.15, -0.1) is 0 Å². The van der Waals surface area contributed by atoms with Crippen molar-refractivity contribution in [2.75, 3.05) is 19.8 Å². The second kappa shape index (κ2) is 9.49. The van der Waals surface area contributed by atoms with Crippen molar-refractivity contribution in [3.63, 3.8) is 0 Å². The molecule has 2 aliphatic heterocycles. The van der Waals surface area contributed by atoms with Gasteiger partial charge in [0.15, 0.2) is 12.4 Å². The second-order valence-corrected chi connectivity index (χ2v) is 6.14. The number of hydrogen-bond acceptors (Lipinski definition) is 13. The van der Waals surface area contributed by atoms with Crippen molar-refractivity contribution in [1.29, 1.82) is 0 Å². The summed E-state index contributed by atoms with van der Waals surface area (Å²) in [7, 11) is 0. The summed E-state index contributed by atoms with van der Waals surface area (Å²) in [6.45, 7) is -1.35. The van der Waals surface area contributed by atoms with E-state index in [9.17, 15) is 40.5 Å². The van der Waals surface area contributed by atoms with Crippen LogP contribution in [0.15, 0.2) is 0 Å². The third-order valence-corrected chi connectivity index (χ3v) is 4.33. The number of esters is 1. The molecular formula is C14H27NO12. The summed E-state index contributed by atoms with van der Waals surface area (Å²) < 4.78 is 20.8. The van der Waals surface area contributed by atoms with Crippen molar-refractivity contribution in [2.24, 2.45) is 0 Å². The molecule has 13 nitrogen and oxygen atoms in total. The number of aliphatic hydroxyl groups is 7. The smallest absolute Gasteiger partial charge is 0.303 e. The summed E-state index contributed by atoms with van der Waals surface area (Å²) in [4.78, 5) is 11.3. The quantitative estimate of drug-likeness (QED) is 0.196. The van der Waals surface area contributed by atoms with E-state index in [-0.39, 0.29) is 6.15 Å². The van der Waals surface area contributed by atoms with E-state index in [1.165, 1.54) is 0 Å². The molecule has 0 aliphatic carbocycles. The minimum Gasteiger partial charge on any atom is -0.454 e. The van der Waals surface area contributed by atoms with Gasteiger partial charge in [-0.05, 0) is 0 Å². The van der Waals surface area contributed by atoms with Crippen molar-refractivity contribution in [1.82, 2.24) is 6.15 Å². The van der Waals surface area contributed by atoms with Crippen LogP contribution < -0.4 is 6.15 Å². The highest BCUT2D eigenvalue weighted by Gasteiger charge is 2.60. The molecule has 2 fully saturated rings. The largest absolute Gasteiger partial charge is 0.454 e. The Morgan fingerprint density at radius 1 is 0.963 bits per heavy atom. The van der Waals surface area contributed by atoms with E-state index in [1.54, 1.807) is 0 Å². The number of aliphatic hydroxyl groups excluding tert-OH is 7. The molecule has 2 aliphatic rings. The fourth-order valence-electron chi connectivity index (χ4n) is 2.95. The lowest BCUT2D eigenvalue weighted by molar-refractivity contribution is -0.383. The first-order valence-corrected chi connectivity index (χ1v) is 7.94. The van der Waals surface area contributed by atoms with Gasteiger partial charge in [0.05, 0.1) is 13.2 Å². The first-order chi connectivity index (χ1) is 12.2. The van der Waals surface area contributed by atoms with Crippen LogP contribution in [-0.4, -0.2) is 116 Å². The number of ether oxygens (including phenoxy) is 4. The summed E-state index contributed by atoms with van der Waals surface area (Å²) >= 11 is 0. The summed E-state index contributed by atoms with van der Waals surface area (Å²) in [6, 6.07) is 0. The van der Waals surface area contributed by atoms with Gasteiger partial charge in [-0.3, -0.25) is 4.79 Å². The third kappa shape index (κ3) is 4.55. The van der Waals surface area contributed by atoms with Gasteiger partial charge in [0.25, 0.3) is 0 Å². The van der Waals surface area contributed by atoms with E-state index in [1.807, 2.05) is 0 Å². The van der Waals surface area contributed by atoms with Crippen molar-refractivity contribution in [3.8, 4) is 0 Å². The molecule has 0 unspecified atom stereocenters. The second-order valence-electron chi connectivity index (χ2n) is 6.14. The van der Waals surface area contributed by atoms with Crippen LogP contribution in [0.25, 0.3) is 0 Å². The van der Waals surface area contributed by atoms with Crippen molar-refractivity contribution in [3.05, 3.63) is 0 Å². The lowest BCUT2D eigenvalue weighted by Crippen LogP contribution is -2.63. The Labute approximate surface area is 154 Å². The average molecular weight is 401 g/mol. The Morgan fingerprint density at radius 2 is 1.56 bits per heavy atom. The molecule has 0 saturated carbocycles. The topological polar surface area (TPSA) is 231 Å². The zero-order valence-corrected chi connectivity index (χ0v) is 14.6. The van der Waals surface area contributed by atoms with Crippen LogP contribution in [0.5, 0.6) is 0 Å². The van der Waals surface area contributed by atoms with Gasteiger partial charge in [0.2, 0.25) is 5.79 Å². The summed E-state index contributed by atoms with van der Waals surface area (Å²) in [5.74, 6) is -3.07. The minimum atomic E-state index is -2.23. The fraction of sp³-hybridized carbons (Fsp3) is 0.929. The standard InChI is InChI=1S/C14H24O12.H3N/c1-5(18)23-12-9(20)7(3-16)25-14(12,4-17)26-13-11(22)10(21)8(19)6(2-15)24-13;/h6-13,15-17,19-22H,2-4H2,1H3;1H3/t6-,7-,8-,9-,10+,11-,12+,13-,14+;/m1./s1. The monoisotopic (exact) mass is 401 g/mol. The third-order valence-electron chi connectivity index (χ3n) is 4.33.